The summed E-state index contributed by atoms with van der Waals surface area (Å²) in [6.07, 6.45) is 10.3. The van der Waals surface area contributed by atoms with Crippen molar-refractivity contribution in [1.29, 1.82) is 0 Å². The third-order valence-electron chi connectivity index (χ3n) is 6.37. The molecule has 0 saturated heterocycles. The summed E-state index contributed by atoms with van der Waals surface area (Å²) in [6, 6.07) is 0.170. The number of hydrogen-bond donors (Lipinski definition) is 1. The minimum absolute atomic E-state index is 0.0504. The average Bonchev–Trinajstić information content (AvgIpc) is 3.01. The summed E-state index contributed by atoms with van der Waals surface area (Å²) >= 11 is 0. The van der Waals surface area contributed by atoms with E-state index in [1.807, 2.05) is 37.2 Å². The highest BCUT2D eigenvalue weighted by Gasteiger charge is 2.31. The number of methoxy groups -OCH3 is 1. The normalized spacial score (nSPS) is 17.3. The molecule has 0 radical (unpaired) electrons. The zero-order chi connectivity index (χ0) is 26.8. The molecule has 1 aromatic rings. The van der Waals surface area contributed by atoms with Crippen LogP contribution in [0, 0.1) is 12.8 Å². The fourth-order valence-electron chi connectivity index (χ4n) is 4.20. The van der Waals surface area contributed by atoms with Crippen LogP contribution in [0.4, 0.5) is 9.18 Å². The Kier molecular flexibility index (Phi) is 10.8. The largest absolute Gasteiger partial charge is 0.453 e. The van der Waals surface area contributed by atoms with E-state index in [1.54, 1.807) is 26.0 Å². The third kappa shape index (κ3) is 8.03. The quantitative estimate of drug-likeness (QED) is 0.337. The van der Waals surface area contributed by atoms with Crippen molar-refractivity contribution in [3.8, 4) is 0 Å². The Morgan fingerprint density at radius 3 is 2.69 bits per heavy atom. The van der Waals surface area contributed by atoms with Gasteiger partial charge in [0.15, 0.2) is 5.78 Å². The molecule has 1 aromatic heterocycles. The Balaban J connectivity index is 2.11. The SMILES string of the molecule is COC(=O)N/C=C/CCC(C)c1cc(C)c(C(=O)C(C)C2CC=CC(CCC(=O)F)=CN2C)c(=O)o1. The van der Waals surface area contributed by atoms with E-state index >= 15 is 0 Å². The van der Waals surface area contributed by atoms with Gasteiger partial charge >= 0.3 is 17.8 Å². The van der Waals surface area contributed by atoms with E-state index in [1.165, 1.54) is 13.3 Å². The molecule has 2 rings (SSSR count). The molecule has 2 heterocycles. The van der Waals surface area contributed by atoms with Gasteiger partial charge in [0.25, 0.3) is 0 Å². The molecule has 3 atom stereocenters. The predicted octanol–water partition coefficient (Wildman–Crippen LogP) is 4.94. The molecule has 1 aliphatic heterocycles. The van der Waals surface area contributed by atoms with Crippen molar-refractivity contribution in [3.05, 3.63) is 69.6 Å². The number of aryl methyl sites for hydroxylation is 1. The summed E-state index contributed by atoms with van der Waals surface area (Å²) in [5.41, 5.74) is 0.767. The first-order chi connectivity index (χ1) is 17.0. The molecule has 9 heteroatoms. The molecule has 0 spiro atoms. The minimum Gasteiger partial charge on any atom is -0.453 e. The number of nitrogens with zero attached hydrogens (tertiary/aromatic N) is 1. The topological polar surface area (TPSA) is 106 Å². The summed E-state index contributed by atoms with van der Waals surface area (Å²) in [5, 5.41) is 2.45. The second-order valence-electron chi connectivity index (χ2n) is 9.09. The molecule has 0 bridgehead atoms. The van der Waals surface area contributed by atoms with E-state index in [-0.39, 0.29) is 36.1 Å². The summed E-state index contributed by atoms with van der Waals surface area (Å²) in [5.74, 6) is -0.368. The molecule has 0 aliphatic carbocycles. The number of hydrogen-bond acceptors (Lipinski definition) is 7. The van der Waals surface area contributed by atoms with Crippen LogP contribution in [-0.2, 0) is 9.53 Å². The van der Waals surface area contributed by atoms with E-state index < -0.39 is 23.7 Å². The van der Waals surface area contributed by atoms with Crippen LogP contribution in [0.5, 0.6) is 0 Å². The van der Waals surface area contributed by atoms with Crippen molar-refractivity contribution in [2.45, 2.75) is 64.8 Å². The number of carbonyl (C=O) groups is 3. The van der Waals surface area contributed by atoms with Gasteiger partial charge in [-0.2, -0.15) is 4.39 Å². The van der Waals surface area contributed by atoms with Gasteiger partial charge in [-0.15, -0.1) is 0 Å². The number of ketones is 1. The number of halogens is 1. The molecular weight excluding hydrogens is 467 g/mol. The van der Waals surface area contributed by atoms with Crippen LogP contribution >= 0.6 is 0 Å². The second-order valence-corrected chi connectivity index (χ2v) is 9.09. The summed E-state index contributed by atoms with van der Waals surface area (Å²) in [4.78, 5) is 49.8. The molecule has 36 heavy (non-hydrogen) atoms. The molecule has 1 amide bonds. The van der Waals surface area contributed by atoms with Crippen molar-refractivity contribution in [1.82, 2.24) is 10.2 Å². The molecule has 0 saturated carbocycles. The van der Waals surface area contributed by atoms with E-state index in [0.29, 0.717) is 30.6 Å². The van der Waals surface area contributed by atoms with E-state index in [4.69, 9.17) is 4.42 Å². The monoisotopic (exact) mass is 502 g/mol. The standard InChI is InChI=1S/C27H35FN2O6/c1-17(9-6-7-14-29-27(34)35-5)22-15-18(2)24(26(33)36-22)25(32)19(3)21-11-8-10-20(16-30(21)4)12-13-23(28)31/h7-8,10,14-17,19,21H,6,9,11-13H2,1-5H3,(H,29,34)/b14-7+. The number of ether oxygens (including phenoxy) is 1. The number of alkyl carbamates (subject to hydrolysis) is 1. The second kappa shape index (κ2) is 13.6. The van der Waals surface area contributed by atoms with Crippen LogP contribution in [0.15, 0.2) is 51.5 Å². The molecule has 1 aliphatic rings. The van der Waals surface area contributed by atoms with E-state index in [0.717, 1.165) is 5.57 Å². The summed E-state index contributed by atoms with van der Waals surface area (Å²) in [6.45, 7) is 5.44. The first kappa shape index (κ1) is 28.7. The van der Waals surface area contributed by atoms with Crippen molar-refractivity contribution in [2.75, 3.05) is 14.2 Å². The number of amides is 1. The van der Waals surface area contributed by atoms with Gasteiger partial charge in [-0.3, -0.25) is 14.9 Å². The van der Waals surface area contributed by atoms with Gasteiger partial charge in [0.05, 0.1) is 7.11 Å². The zero-order valence-corrected chi connectivity index (χ0v) is 21.5. The fraction of sp³-hybridized carbons (Fsp3) is 0.481. The van der Waals surface area contributed by atoms with Crippen LogP contribution < -0.4 is 10.9 Å². The van der Waals surface area contributed by atoms with E-state index in [9.17, 15) is 23.6 Å². The Labute approximate surface area is 210 Å². The number of Topliss-reactive ketones (excluding diaryl/α,β-unsaturated/α-hetero) is 1. The molecule has 1 N–H and O–H groups in total. The lowest BCUT2D eigenvalue weighted by molar-refractivity contribution is -0.129. The fourth-order valence-corrected chi connectivity index (χ4v) is 4.20. The van der Waals surface area contributed by atoms with Gasteiger partial charge in [0, 0.05) is 43.7 Å². The molecular formula is C27H35FN2O6. The maximum atomic E-state index is 13.4. The first-order valence-electron chi connectivity index (χ1n) is 12.0. The molecule has 0 fully saturated rings. The van der Waals surface area contributed by atoms with Gasteiger partial charge in [0.2, 0.25) is 0 Å². The third-order valence-corrected chi connectivity index (χ3v) is 6.37. The Bertz CT molecular complexity index is 1100. The highest BCUT2D eigenvalue weighted by atomic mass is 19.1. The van der Waals surface area contributed by atoms with Crippen molar-refractivity contribution >= 4 is 17.9 Å². The highest BCUT2D eigenvalue weighted by molar-refractivity contribution is 5.99. The number of carbonyl (C=O) groups excluding carboxylic acids is 3. The summed E-state index contributed by atoms with van der Waals surface area (Å²) in [7, 11) is 3.11. The zero-order valence-electron chi connectivity index (χ0n) is 21.5. The maximum Gasteiger partial charge on any atom is 0.410 e. The van der Waals surface area contributed by atoms with Crippen LogP contribution in [0.3, 0.4) is 0 Å². The Hall–Kier alpha value is -3.49. The first-order valence-corrected chi connectivity index (χ1v) is 12.0. The summed E-state index contributed by atoms with van der Waals surface area (Å²) < 4.78 is 22.7. The van der Waals surface area contributed by atoms with Crippen LogP contribution in [0.1, 0.15) is 73.6 Å². The Morgan fingerprint density at radius 1 is 1.33 bits per heavy atom. The maximum absolute atomic E-state index is 13.4. The van der Waals surface area contributed by atoms with Gasteiger partial charge < -0.3 is 14.1 Å². The van der Waals surface area contributed by atoms with Crippen LogP contribution in [0.2, 0.25) is 0 Å². The lowest BCUT2D eigenvalue weighted by atomic mass is 9.88. The van der Waals surface area contributed by atoms with Crippen molar-refractivity contribution < 1.29 is 27.9 Å². The smallest absolute Gasteiger partial charge is 0.410 e. The van der Waals surface area contributed by atoms with E-state index in [2.05, 4.69) is 10.1 Å². The molecule has 8 nitrogen and oxygen atoms in total. The van der Waals surface area contributed by atoms with Crippen LogP contribution in [-0.4, -0.2) is 43.0 Å². The van der Waals surface area contributed by atoms with Gasteiger partial charge in [-0.05, 0) is 49.8 Å². The van der Waals surface area contributed by atoms with Gasteiger partial charge in [-0.25, -0.2) is 9.59 Å². The lowest BCUT2D eigenvalue weighted by Crippen LogP contribution is -2.38. The molecule has 0 aromatic carbocycles. The Morgan fingerprint density at radius 2 is 2.06 bits per heavy atom. The van der Waals surface area contributed by atoms with Gasteiger partial charge in [0.1, 0.15) is 11.3 Å². The highest BCUT2D eigenvalue weighted by Crippen LogP contribution is 2.26. The van der Waals surface area contributed by atoms with Crippen LogP contribution in [0.25, 0.3) is 0 Å². The lowest BCUT2D eigenvalue weighted by Gasteiger charge is -2.30. The number of allylic oxidation sites excluding steroid dienone is 3. The molecule has 3 unspecified atom stereocenters. The average molecular weight is 503 g/mol. The minimum atomic E-state index is -1.36. The molecule has 196 valence electrons. The predicted molar refractivity (Wildman–Crippen MR) is 134 cm³/mol. The van der Waals surface area contributed by atoms with Crippen molar-refractivity contribution in [3.63, 3.8) is 0 Å². The number of rotatable bonds is 11. The number of nitrogens with one attached hydrogen (secondary N) is 1. The van der Waals surface area contributed by atoms with Gasteiger partial charge in [-0.1, -0.05) is 32.1 Å². The van der Waals surface area contributed by atoms with Crippen molar-refractivity contribution in [2.24, 2.45) is 5.92 Å².